The van der Waals surface area contributed by atoms with Gasteiger partial charge in [-0.25, -0.2) is 4.39 Å². The van der Waals surface area contributed by atoms with Crippen molar-refractivity contribution in [3.63, 3.8) is 0 Å². The molecular formula is C20H29ClFN3O3. The second-order valence-electron chi connectivity index (χ2n) is 7.42. The number of hydrogen-bond acceptors (Lipinski definition) is 4. The first-order chi connectivity index (χ1) is 13.0. The van der Waals surface area contributed by atoms with Crippen LogP contribution in [0.5, 0.6) is 0 Å². The molecule has 1 aromatic carbocycles. The molecule has 1 atom stereocenters. The molecule has 0 aromatic heterocycles. The lowest BCUT2D eigenvalue weighted by Gasteiger charge is -2.35. The minimum absolute atomic E-state index is 0. The lowest BCUT2D eigenvalue weighted by Crippen LogP contribution is -2.52. The first-order valence-corrected chi connectivity index (χ1v) is 9.69. The van der Waals surface area contributed by atoms with Crippen LogP contribution in [-0.2, 0) is 20.9 Å². The van der Waals surface area contributed by atoms with Crippen LogP contribution in [-0.4, -0.2) is 49.1 Å². The van der Waals surface area contributed by atoms with E-state index in [-0.39, 0.29) is 41.9 Å². The Balaban J connectivity index is 0.00000280. The van der Waals surface area contributed by atoms with Crippen LogP contribution in [0.15, 0.2) is 24.3 Å². The molecule has 2 heterocycles. The summed E-state index contributed by atoms with van der Waals surface area (Å²) in [5.74, 6) is -0.231. The third-order valence-electron chi connectivity index (χ3n) is 5.62. The van der Waals surface area contributed by atoms with E-state index in [4.69, 9.17) is 10.5 Å². The molecule has 2 saturated heterocycles. The minimum atomic E-state index is -0.474. The summed E-state index contributed by atoms with van der Waals surface area (Å²) in [4.78, 5) is 26.8. The van der Waals surface area contributed by atoms with Crippen LogP contribution >= 0.6 is 12.4 Å². The van der Waals surface area contributed by atoms with Gasteiger partial charge in [0.05, 0.1) is 6.04 Å². The fraction of sp³-hybridized carbons (Fsp3) is 0.600. The summed E-state index contributed by atoms with van der Waals surface area (Å²) in [6.07, 6.45) is 2.94. The molecule has 8 heteroatoms. The van der Waals surface area contributed by atoms with E-state index in [1.165, 1.54) is 12.1 Å². The maximum absolute atomic E-state index is 12.9. The van der Waals surface area contributed by atoms with E-state index in [2.05, 4.69) is 5.32 Å². The van der Waals surface area contributed by atoms with E-state index in [0.717, 1.165) is 18.4 Å². The number of nitrogens with one attached hydrogen (secondary N) is 1. The monoisotopic (exact) mass is 413 g/mol. The van der Waals surface area contributed by atoms with Gasteiger partial charge in [-0.1, -0.05) is 12.1 Å². The number of halogens is 2. The van der Waals surface area contributed by atoms with Crippen molar-refractivity contribution in [2.24, 2.45) is 17.6 Å². The smallest absolute Gasteiger partial charge is 0.239 e. The number of hydrogen-bond donors (Lipinski definition) is 2. The molecule has 1 aromatic rings. The second kappa shape index (κ2) is 10.7. The van der Waals surface area contributed by atoms with Crippen LogP contribution in [0.1, 0.15) is 31.2 Å². The highest BCUT2D eigenvalue weighted by molar-refractivity contribution is 5.85. The first kappa shape index (κ1) is 22.6. The molecule has 6 nitrogen and oxygen atoms in total. The Hall–Kier alpha value is -1.70. The van der Waals surface area contributed by atoms with Gasteiger partial charge in [0, 0.05) is 38.8 Å². The second-order valence-corrected chi connectivity index (χ2v) is 7.42. The fourth-order valence-electron chi connectivity index (χ4n) is 3.79. The number of piperidine rings is 1. The Labute approximate surface area is 171 Å². The zero-order chi connectivity index (χ0) is 19.2. The van der Waals surface area contributed by atoms with Gasteiger partial charge in [-0.3, -0.25) is 9.59 Å². The Morgan fingerprint density at radius 3 is 2.36 bits per heavy atom. The van der Waals surface area contributed by atoms with Crippen LogP contribution in [0, 0.1) is 17.7 Å². The quantitative estimate of drug-likeness (QED) is 0.771. The summed E-state index contributed by atoms with van der Waals surface area (Å²) >= 11 is 0. The predicted octanol–water partition coefficient (Wildman–Crippen LogP) is 1.86. The van der Waals surface area contributed by atoms with Crippen molar-refractivity contribution in [2.75, 3.05) is 26.3 Å². The number of carbonyl (C=O) groups excluding carboxylic acids is 2. The summed E-state index contributed by atoms with van der Waals surface area (Å²) in [7, 11) is 0. The van der Waals surface area contributed by atoms with Gasteiger partial charge in [0.2, 0.25) is 11.8 Å². The number of rotatable bonds is 5. The molecule has 2 aliphatic rings. The summed E-state index contributed by atoms with van der Waals surface area (Å²) in [6, 6.07) is 5.61. The molecule has 156 valence electrons. The number of ether oxygens (including phenoxy) is 1. The molecule has 3 N–H and O–H groups in total. The van der Waals surface area contributed by atoms with Crippen LogP contribution < -0.4 is 11.1 Å². The Bertz CT molecular complexity index is 645. The fourth-order valence-corrected chi connectivity index (χ4v) is 3.79. The van der Waals surface area contributed by atoms with Crippen molar-refractivity contribution < 1.29 is 18.7 Å². The molecular weight excluding hydrogens is 385 g/mol. The molecule has 0 spiro atoms. The number of likely N-dealkylation sites (tertiary alicyclic amines) is 1. The van der Waals surface area contributed by atoms with Crippen LogP contribution in [0.2, 0.25) is 0 Å². The van der Waals surface area contributed by atoms with Crippen molar-refractivity contribution >= 4 is 24.2 Å². The molecule has 2 fully saturated rings. The van der Waals surface area contributed by atoms with Crippen LogP contribution in [0.25, 0.3) is 0 Å². The lowest BCUT2D eigenvalue weighted by molar-refractivity contribution is -0.138. The third kappa shape index (κ3) is 5.90. The van der Waals surface area contributed by atoms with Crippen molar-refractivity contribution in [1.29, 1.82) is 0 Å². The molecule has 1 unspecified atom stereocenters. The highest BCUT2D eigenvalue weighted by atomic mass is 35.5. The molecule has 28 heavy (non-hydrogen) atoms. The molecule has 0 radical (unpaired) electrons. The summed E-state index contributed by atoms with van der Waals surface area (Å²) in [6.45, 7) is 2.84. The zero-order valence-electron chi connectivity index (χ0n) is 15.9. The Kier molecular flexibility index (Phi) is 8.66. The molecule has 0 bridgehead atoms. The number of benzene rings is 1. The lowest BCUT2D eigenvalue weighted by atomic mass is 9.90. The van der Waals surface area contributed by atoms with E-state index < -0.39 is 6.04 Å². The third-order valence-corrected chi connectivity index (χ3v) is 5.62. The largest absolute Gasteiger partial charge is 0.381 e. The minimum Gasteiger partial charge on any atom is -0.381 e. The standard InChI is InChI=1S/C20H28FN3O3.ClH/c21-17-3-1-14(2-4-17)13-23-19(25)16-5-9-24(10-6-16)20(26)18(22)15-7-11-27-12-8-15;/h1-4,15-16,18H,5-13,22H2,(H,23,25);1H. The van der Waals surface area contributed by atoms with E-state index in [9.17, 15) is 14.0 Å². The SMILES string of the molecule is Cl.NC(C(=O)N1CCC(C(=O)NCc2ccc(F)cc2)CC1)C1CCOCC1. The maximum Gasteiger partial charge on any atom is 0.239 e. The van der Waals surface area contributed by atoms with E-state index in [0.29, 0.717) is 45.7 Å². The molecule has 3 rings (SSSR count). The van der Waals surface area contributed by atoms with Crippen LogP contribution in [0.3, 0.4) is 0 Å². The number of amides is 2. The molecule has 0 saturated carbocycles. The van der Waals surface area contributed by atoms with Gasteiger partial charge < -0.3 is 20.7 Å². The highest BCUT2D eigenvalue weighted by Crippen LogP contribution is 2.22. The van der Waals surface area contributed by atoms with Crippen LogP contribution in [0.4, 0.5) is 4.39 Å². The molecule has 2 amide bonds. The van der Waals surface area contributed by atoms with Gasteiger partial charge in [-0.05, 0) is 49.3 Å². The normalized spacial score (nSPS) is 19.6. The summed E-state index contributed by atoms with van der Waals surface area (Å²) in [5, 5.41) is 2.90. The number of carbonyl (C=O) groups is 2. The van der Waals surface area contributed by atoms with E-state index >= 15 is 0 Å². The van der Waals surface area contributed by atoms with Crippen molar-refractivity contribution in [1.82, 2.24) is 10.2 Å². The average Bonchev–Trinajstić information content (AvgIpc) is 2.73. The van der Waals surface area contributed by atoms with Gasteiger partial charge in [0.1, 0.15) is 5.82 Å². The van der Waals surface area contributed by atoms with Gasteiger partial charge >= 0.3 is 0 Å². The first-order valence-electron chi connectivity index (χ1n) is 9.69. The van der Waals surface area contributed by atoms with Gasteiger partial charge in [-0.15, -0.1) is 12.4 Å². The van der Waals surface area contributed by atoms with Gasteiger partial charge in [0.25, 0.3) is 0 Å². The van der Waals surface area contributed by atoms with E-state index in [1.807, 2.05) is 0 Å². The van der Waals surface area contributed by atoms with Gasteiger partial charge in [-0.2, -0.15) is 0 Å². The number of nitrogens with zero attached hydrogens (tertiary/aromatic N) is 1. The van der Waals surface area contributed by atoms with E-state index in [1.54, 1.807) is 17.0 Å². The topological polar surface area (TPSA) is 84.7 Å². The average molecular weight is 414 g/mol. The molecule has 2 aliphatic heterocycles. The Morgan fingerprint density at radius 2 is 1.75 bits per heavy atom. The summed E-state index contributed by atoms with van der Waals surface area (Å²) in [5.41, 5.74) is 7.05. The highest BCUT2D eigenvalue weighted by Gasteiger charge is 2.33. The van der Waals surface area contributed by atoms with Crippen molar-refractivity contribution in [3.05, 3.63) is 35.6 Å². The Morgan fingerprint density at radius 1 is 1.14 bits per heavy atom. The zero-order valence-corrected chi connectivity index (χ0v) is 16.8. The summed E-state index contributed by atoms with van der Waals surface area (Å²) < 4.78 is 18.3. The molecule has 0 aliphatic carbocycles. The maximum atomic E-state index is 12.9. The van der Waals surface area contributed by atoms with Crippen molar-refractivity contribution in [2.45, 2.75) is 38.3 Å². The van der Waals surface area contributed by atoms with Crippen molar-refractivity contribution in [3.8, 4) is 0 Å². The number of nitrogens with two attached hydrogens (primary N) is 1. The predicted molar refractivity (Wildman–Crippen MR) is 106 cm³/mol. The van der Waals surface area contributed by atoms with Gasteiger partial charge in [0.15, 0.2) is 0 Å².